The number of aromatic carboxylic acids is 1. The van der Waals surface area contributed by atoms with E-state index in [1.54, 1.807) is 20.8 Å². The van der Waals surface area contributed by atoms with Crippen molar-refractivity contribution in [3.63, 3.8) is 0 Å². The lowest BCUT2D eigenvalue weighted by Crippen LogP contribution is -2.32. The Morgan fingerprint density at radius 3 is 2.52 bits per heavy atom. The quantitative estimate of drug-likeness (QED) is 0.724. The van der Waals surface area contributed by atoms with E-state index in [1.165, 1.54) is 12.1 Å². The van der Waals surface area contributed by atoms with Crippen molar-refractivity contribution in [2.24, 2.45) is 0 Å². The van der Waals surface area contributed by atoms with Gasteiger partial charge in [0, 0.05) is 0 Å². The topological polar surface area (TPSA) is 95.9 Å². The van der Waals surface area contributed by atoms with E-state index in [4.69, 9.17) is 9.84 Å². The molecule has 0 atom stereocenters. The number of phenols is 1. The van der Waals surface area contributed by atoms with Crippen LogP contribution in [0, 0.1) is 11.8 Å². The summed E-state index contributed by atoms with van der Waals surface area (Å²) in [6, 6.07) is 3.86. The minimum atomic E-state index is -1.13. The minimum absolute atomic E-state index is 0.0232. The van der Waals surface area contributed by atoms with Crippen LogP contribution in [0.4, 0.5) is 4.79 Å². The first-order valence-electron chi connectivity index (χ1n) is 6.21. The van der Waals surface area contributed by atoms with Crippen LogP contribution in [-0.4, -0.2) is 34.4 Å². The van der Waals surface area contributed by atoms with Crippen molar-refractivity contribution < 1.29 is 24.5 Å². The van der Waals surface area contributed by atoms with Crippen LogP contribution < -0.4 is 5.32 Å². The number of nitrogens with one attached hydrogen (secondary N) is 1. The Bertz CT molecular complexity index is 605. The SMILES string of the molecule is CC(C)(C)OC(=O)NCC#Cc1ccc(C(=O)O)cc1O. The van der Waals surface area contributed by atoms with E-state index < -0.39 is 17.7 Å². The smallest absolute Gasteiger partial charge is 0.408 e. The van der Waals surface area contributed by atoms with E-state index in [0.29, 0.717) is 0 Å². The predicted molar refractivity (Wildman–Crippen MR) is 76.2 cm³/mol. The molecule has 0 saturated carbocycles. The Kier molecular flexibility index (Phi) is 5.19. The van der Waals surface area contributed by atoms with Crippen LogP contribution in [0.15, 0.2) is 18.2 Å². The summed E-state index contributed by atoms with van der Waals surface area (Å²) in [5.41, 5.74) is -0.321. The molecule has 0 spiro atoms. The molecule has 0 aliphatic rings. The van der Waals surface area contributed by atoms with Gasteiger partial charge in [-0.25, -0.2) is 9.59 Å². The number of carbonyl (C=O) groups is 2. The molecule has 1 aromatic carbocycles. The molecule has 1 amide bonds. The number of hydrogen-bond acceptors (Lipinski definition) is 4. The van der Waals surface area contributed by atoms with Gasteiger partial charge in [-0.2, -0.15) is 0 Å². The van der Waals surface area contributed by atoms with Crippen molar-refractivity contribution in [1.82, 2.24) is 5.32 Å². The lowest BCUT2D eigenvalue weighted by atomic mass is 10.1. The van der Waals surface area contributed by atoms with Gasteiger partial charge in [0.25, 0.3) is 0 Å². The summed E-state index contributed by atoms with van der Waals surface area (Å²) in [5, 5.41) is 20.8. The van der Waals surface area contributed by atoms with Gasteiger partial charge in [-0.1, -0.05) is 11.8 Å². The summed E-state index contributed by atoms with van der Waals surface area (Å²) in [6.07, 6.45) is -0.581. The summed E-state index contributed by atoms with van der Waals surface area (Å²) in [5.74, 6) is 3.92. The molecule has 0 bridgehead atoms. The lowest BCUT2D eigenvalue weighted by Gasteiger charge is -2.18. The van der Waals surface area contributed by atoms with Crippen molar-refractivity contribution in [2.45, 2.75) is 26.4 Å². The highest BCUT2D eigenvalue weighted by Crippen LogP contribution is 2.17. The van der Waals surface area contributed by atoms with Gasteiger partial charge in [0.05, 0.1) is 17.7 Å². The Hall–Kier alpha value is -2.68. The monoisotopic (exact) mass is 291 g/mol. The van der Waals surface area contributed by atoms with Gasteiger partial charge in [0.2, 0.25) is 0 Å². The van der Waals surface area contributed by atoms with Crippen LogP contribution in [0.5, 0.6) is 5.75 Å². The third-order valence-electron chi connectivity index (χ3n) is 2.19. The fourth-order valence-electron chi connectivity index (χ4n) is 1.34. The van der Waals surface area contributed by atoms with Gasteiger partial charge < -0.3 is 20.3 Å². The second-order valence-electron chi connectivity index (χ2n) is 5.19. The Morgan fingerprint density at radius 2 is 2.00 bits per heavy atom. The molecule has 0 aromatic heterocycles. The molecule has 3 N–H and O–H groups in total. The zero-order chi connectivity index (χ0) is 16.0. The van der Waals surface area contributed by atoms with E-state index in [9.17, 15) is 14.7 Å². The van der Waals surface area contributed by atoms with Crippen molar-refractivity contribution >= 4 is 12.1 Å². The Labute approximate surface area is 122 Å². The van der Waals surface area contributed by atoms with Crippen LogP contribution in [-0.2, 0) is 4.74 Å². The molecule has 0 unspecified atom stereocenters. The third kappa shape index (κ3) is 5.87. The normalized spacial score (nSPS) is 10.2. The zero-order valence-electron chi connectivity index (χ0n) is 12.1. The molecule has 0 saturated heterocycles. The highest BCUT2D eigenvalue weighted by molar-refractivity contribution is 5.88. The summed E-state index contributed by atoms with van der Waals surface area (Å²) >= 11 is 0. The summed E-state index contributed by atoms with van der Waals surface area (Å²) in [4.78, 5) is 22.0. The van der Waals surface area contributed by atoms with Crippen LogP contribution in [0.2, 0.25) is 0 Å². The molecular weight excluding hydrogens is 274 g/mol. The second-order valence-corrected chi connectivity index (χ2v) is 5.19. The molecule has 0 fully saturated rings. The number of ether oxygens (including phenoxy) is 1. The maximum atomic E-state index is 11.3. The van der Waals surface area contributed by atoms with E-state index in [2.05, 4.69) is 17.2 Å². The van der Waals surface area contributed by atoms with Crippen LogP contribution in [0.25, 0.3) is 0 Å². The van der Waals surface area contributed by atoms with E-state index in [0.717, 1.165) is 6.07 Å². The summed E-state index contributed by atoms with van der Waals surface area (Å²) in [7, 11) is 0. The summed E-state index contributed by atoms with van der Waals surface area (Å²) in [6.45, 7) is 5.30. The second kappa shape index (κ2) is 6.66. The molecule has 1 aromatic rings. The largest absolute Gasteiger partial charge is 0.507 e. The predicted octanol–water partition coefficient (Wildman–Crippen LogP) is 1.97. The number of alkyl carbamates (subject to hydrolysis) is 1. The number of amides is 1. The van der Waals surface area contributed by atoms with Gasteiger partial charge >= 0.3 is 12.1 Å². The number of hydrogen-bond donors (Lipinski definition) is 3. The van der Waals surface area contributed by atoms with Crippen molar-refractivity contribution in [3.8, 4) is 17.6 Å². The fourth-order valence-corrected chi connectivity index (χ4v) is 1.34. The molecule has 0 radical (unpaired) electrons. The van der Waals surface area contributed by atoms with E-state index in [1.807, 2.05) is 0 Å². The number of phenolic OH excluding ortho intramolecular Hbond substituents is 1. The standard InChI is InChI=1S/C15H17NO5/c1-15(2,3)21-14(20)16-8-4-5-10-6-7-11(13(18)19)9-12(10)17/h6-7,9,17H,8H2,1-3H3,(H,16,20)(H,18,19). The number of aromatic hydroxyl groups is 1. The van der Waals surface area contributed by atoms with Crippen molar-refractivity contribution in [2.75, 3.05) is 6.54 Å². The van der Waals surface area contributed by atoms with Gasteiger partial charge in [-0.05, 0) is 39.0 Å². The van der Waals surface area contributed by atoms with Gasteiger partial charge in [0.15, 0.2) is 0 Å². The highest BCUT2D eigenvalue weighted by Gasteiger charge is 2.15. The molecule has 0 aliphatic carbocycles. The average Bonchev–Trinajstić information content (AvgIpc) is 2.33. The average molecular weight is 291 g/mol. The lowest BCUT2D eigenvalue weighted by molar-refractivity contribution is 0.0534. The van der Waals surface area contributed by atoms with E-state index in [-0.39, 0.29) is 23.4 Å². The molecule has 6 nitrogen and oxygen atoms in total. The van der Waals surface area contributed by atoms with Gasteiger partial charge in [0.1, 0.15) is 11.4 Å². The fraction of sp³-hybridized carbons (Fsp3) is 0.333. The molecule has 21 heavy (non-hydrogen) atoms. The molecule has 0 aliphatic heterocycles. The summed E-state index contributed by atoms with van der Waals surface area (Å²) < 4.78 is 5.02. The van der Waals surface area contributed by atoms with E-state index >= 15 is 0 Å². The molecular formula is C15H17NO5. The first-order chi connectivity index (χ1) is 9.69. The Morgan fingerprint density at radius 1 is 1.33 bits per heavy atom. The minimum Gasteiger partial charge on any atom is -0.507 e. The number of carbonyl (C=O) groups excluding carboxylic acids is 1. The van der Waals surface area contributed by atoms with Gasteiger partial charge in [-0.3, -0.25) is 0 Å². The zero-order valence-corrected chi connectivity index (χ0v) is 12.1. The maximum Gasteiger partial charge on any atom is 0.408 e. The molecule has 6 heteroatoms. The van der Waals surface area contributed by atoms with Gasteiger partial charge in [-0.15, -0.1) is 0 Å². The first-order valence-corrected chi connectivity index (χ1v) is 6.21. The molecule has 112 valence electrons. The van der Waals surface area contributed by atoms with Crippen LogP contribution in [0.3, 0.4) is 0 Å². The molecule has 0 heterocycles. The number of carboxylic acid groups (broad SMARTS) is 1. The van der Waals surface area contributed by atoms with Crippen LogP contribution >= 0.6 is 0 Å². The number of benzene rings is 1. The van der Waals surface area contributed by atoms with Crippen molar-refractivity contribution in [1.29, 1.82) is 0 Å². The third-order valence-corrected chi connectivity index (χ3v) is 2.19. The molecule has 1 rings (SSSR count). The van der Waals surface area contributed by atoms with Crippen LogP contribution in [0.1, 0.15) is 36.7 Å². The number of carboxylic acids is 1. The highest BCUT2D eigenvalue weighted by atomic mass is 16.6. The Balaban J connectivity index is 2.60. The van der Waals surface area contributed by atoms with Crippen molar-refractivity contribution in [3.05, 3.63) is 29.3 Å². The number of rotatable bonds is 2. The first kappa shape index (κ1) is 16.4. The maximum absolute atomic E-state index is 11.3.